The predicted molar refractivity (Wildman–Crippen MR) is 54.6 cm³/mol. The number of sulfonamides is 1. The predicted octanol–water partition coefficient (Wildman–Crippen LogP) is -0.838. The van der Waals surface area contributed by atoms with Gasteiger partial charge in [0.1, 0.15) is 0 Å². The minimum absolute atomic E-state index is 0.136. The van der Waals surface area contributed by atoms with E-state index in [0.717, 1.165) is 13.0 Å². The van der Waals surface area contributed by atoms with Crippen LogP contribution in [0.25, 0.3) is 0 Å². The van der Waals surface area contributed by atoms with Crippen LogP contribution in [0.15, 0.2) is 0 Å². The molecule has 0 radical (unpaired) electrons. The van der Waals surface area contributed by atoms with Crippen LogP contribution in [0.5, 0.6) is 0 Å². The highest BCUT2D eigenvalue weighted by atomic mass is 32.2. The van der Waals surface area contributed by atoms with Gasteiger partial charge in [-0.2, -0.15) is 0 Å². The molecular weight excluding hydrogens is 204 g/mol. The molecule has 1 aliphatic rings. The van der Waals surface area contributed by atoms with Gasteiger partial charge in [0.2, 0.25) is 10.0 Å². The monoisotopic (exact) mass is 222 g/mol. The molecule has 0 bridgehead atoms. The molecule has 0 aromatic carbocycles. The maximum absolute atomic E-state index is 11.4. The average Bonchev–Trinajstić information content (AvgIpc) is 2.64. The molecule has 1 rings (SSSR count). The van der Waals surface area contributed by atoms with Crippen molar-refractivity contribution in [2.45, 2.75) is 6.42 Å². The Morgan fingerprint density at radius 1 is 1.50 bits per heavy atom. The number of hydrogen-bond donors (Lipinski definition) is 2. The summed E-state index contributed by atoms with van der Waals surface area (Å²) >= 11 is 0. The Labute approximate surface area is 85.3 Å². The van der Waals surface area contributed by atoms with Gasteiger partial charge in [0.15, 0.2) is 0 Å². The molecule has 6 heteroatoms. The van der Waals surface area contributed by atoms with Crippen LogP contribution >= 0.6 is 0 Å². The fourth-order valence-electron chi connectivity index (χ4n) is 1.30. The van der Waals surface area contributed by atoms with E-state index in [1.807, 2.05) is 0 Å². The summed E-state index contributed by atoms with van der Waals surface area (Å²) in [4.78, 5) is 0. The zero-order valence-corrected chi connectivity index (χ0v) is 9.27. The molecule has 1 saturated heterocycles. The summed E-state index contributed by atoms with van der Waals surface area (Å²) in [5, 5.41) is 2.81. The number of ether oxygens (including phenoxy) is 1. The largest absolute Gasteiger partial charge is 0.381 e. The van der Waals surface area contributed by atoms with E-state index in [2.05, 4.69) is 10.0 Å². The van der Waals surface area contributed by atoms with Crippen molar-refractivity contribution in [2.75, 3.05) is 39.1 Å². The first-order valence-electron chi connectivity index (χ1n) is 4.84. The Morgan fingerprint density at radius 2 is 2.29 bits per heavy atom. The van der Waals surface area contributed by atoms with Crippen molar-refractivity contribution in [3.63, 3.8) is 0 Å². The number of hydrogen-bond acceptors (Lipinski definition) is 4. The third-order valence-electron chi connectivity index (χ3n) is 2.24. The van der Waals surface area contributed by atoms with Gasteiger partial charge < -0.3 is 10.1 Å². The second-order valence-electron chi connectivity index (χ2n) is 3.50. The standard InChI is InChI=1S/C8H18N2O3S/c1-9-3-5-14(11,12)10-6-8-2-4-13-7-8/h8-10H,2-7H2,1H3. The van der Waals surface area contributed by atoms with Crippen molar-refractivity contribution >= 4 is 10.0 Å². The molecule has 1 heterocycles. The van der Waals surface area contributed by atoms with Crippen LogP contribution in [0, 0.1) is 5.92 Å². The molecule has 0 aromatic rings. The van der Waals surface area contributed by atoms with E-state index in [1.54, 1.807) is 7.05 Å². The Hall–Kier alpha value is -0.170. The molecule has 0 saturated carbocycles. The lowest BCUT2D eigenvalue weighted by molar-refractivity contribution is 0.186. The van der Waals surface area contributed by atoms with Crippen molar-refractivity contribution in [3.05, 3.63) is 0 Å². The molecule has 0 aliphatic carbocycles. The summed E-state index contributed by atoms with van der Waals surface area (Å²) in [7, 11) is -1.36. The van der Waals surface area contributed by atoms with Gasteiger partial charge in [0, 0.05) is 19.7 Å². The van der Waals surface area contributed by atoms with Crippen molar-refractivity contribution in [1.29, 1.82) is 0 Å². The molecule has 0 spiro atoms. The van der Waals surface area contributed by atoms with Crippen molar-refractivity contribution < 1.29 is 13.2 Å². The molecule has 0 aromatic heterocycles. The summed E-state index contributed by atoms with van der Waals surface area (Å²) in [5.74, 6) is 0.483. The molecule has 5 nitrogen and oxygen atoms in total. The van der Waals surface area contributed by atoms with Gasteiger partial charge in [-0.1, -0.05) is 0 Å². The maximum Gasteiger partial charge on any atom is 0.212 e. The van der Waals surface area contributed by atoms with Gasteiger partial charge in [0.25, 0.3) is 0 Å². The maximum atomic E-state index is 11.4. The first kappa shape index (κ1) is 11.9. The van der Waals surface area contributed by atoms with Gasteiger partial charge in [-0.25, -0.2) is 13.1 Å². The minimum atomic E-state index is -3.10. The molecule has 84 valence electrons. The van der Waals surface area contributed by atoms with Crippen LogP contribution in [-0.4, -0.2) is 47.5 Å². The van der Waals surface area contributed by atoms with Gasteiger partial charge in [-0.3, -0.25) is 0 Å². The van der Waals surface area contributed by atoms with Crippen LogP contribution in [0.2, 0.25) is 0 Å². The summed E-state index contributed by atoms with van der Waals surface area (Å²) in [5.41, 5.74) is 0. The fraction of sp³-hybridized carbons (Fsp3) is 1.00. The number of rotatable bonds is 6. The number of nitrogens with one attached hydrogen (secondary N) is 2. The third kappa shape index (κ3) is 4.36. The van der Waals surface area contributed by atoms with E-state index in [1.165, 1.54) is 0 Å². The van der Waals surface area contributed by atoms with E-state index in [4.69, 9.17) is 4.74 Å². The van der Waals surface area contributed by atoms with Gasteiger partial charge in [-0.05, 0) is 19.4 Å². The van der Waals surface area contributed by atoms with Crippen molar-refractivity contribution in [3.8, 4) is 0 Å². The lowest BCUT2D eigenvalue weighted by Gasteiger charge is -2.09. The molecule has 2 N–H and O–H groups in total. The molecule has 1 aliphatic heterocycles. The van der Waals surface area contributed by atoms with Gasteiger partial charge in [-0.15, -0.1) is 0 Å². The molecule has 14 heavy (non-hydrogen) atoms. The molecule has 1 unspecified atom stereocenters. The molecular formula is C8H18N2O3S. The molecule has 1 fully saturated rings. The highest BCUT2D eigenvalue weighted by Gasteiger charge is 2.18. The molecule has 0 amide bonds. The lowest BCUT2D eigenvalue weighted by atomic mass is 10.1. The van der Waals surface area contributed by atoms with Gasteiger partial charge >= 0.3 is 0 Å². The minimum Gasteiger partial charge on any atom is -0.381 e. The third-order valence-corrected chi connectivity index (χ3v) is 3.58. The second-order valence-corrected chi connectivity index (χ2v) is 5.43. The van der Waals surface area contributed by atoms with E-state index >= 15 is 0 Å². The average molecular weight is 222 g/mol. The van der Waals surface area contributed by atoms with Crippen molar-refractivity contribution in [2.24, 2.45) is 5.92 Å². The van der Waals surface area contributed by atoms with Gasteiger partial charge in [0.05, 0.1) is 12.4 Å². The first-order valence-corrected chi connectivity index (χ1v) is 6.49. The van der Waals surface area contributed by atoms with Crippen molar-refractivity contribution in [1.82, 2.24) is 10.0 Å². The van der Waals surface area contributed by atoms with Crippen LogP contribution in [0.1, 0.15) is 6.42 Å². The molecule has 1 atom stereocenters. The smallest absolute Gasteiger partial charge is 0.212 e. The zero-order valence-electron chi connectivity index (χ0n) is 8.45. The summed E-state index contributed by atoms with van der Waals surface area (Å²) < 4.78 is 30.5. The Bertz CT molecular complexity index is 247. The fourth-order valence-corrected chi connectivity index (χ4v) is 2.40. The topological polar surface area (TPSA) is 67.4 Å². The first-order chi connectivity index (χ1) is 6.64. The summed E-state index contributed by atoms with van der Waals surface area (Å²) in [6.07, 6.45) is 0.953. The summed E-state index contributed by atoms with van der Waals surface area (Å²) in [6.45, 7) is 2.42. The quantitative estimate of drug-likeness (QED) is 0.615. The van der Waals surface area contributed by atoms with Crippen LogP contribution < -0.4 is 10.0 Å². The summed E-state index contributed by atoms with van der Waals surface area (Å²) in [6, 6.07) is 0. The Balaban J connectivity index is 2.21. The van der Waals surface area contributed by atoms with Crippen LogP contribution in [0.4, 0.5) is 0 Å². The Kier molecular flexibility index (Phi) is 4.80. The lowest BCUT2D eigenvalue weighted by Crippen LogP contribution is -2.34. The van der Waals surface area contributed by atoms with E-state index in [0.29, 0.717) is 25.6 Å². The van der Waals surface area contributed by atoms with Crippen LogP contribution in [0.3, 0.4) is 0 Å². The second kappa shape index (κ2) is 5.65. The Morgan fingerprint density at radius 3 is 2.86 bits per heavy atom. The zero-order chi connectivity index (χ0) is 10.4. The van der Waals surface area contributed by atoms with E-state index in [9.17, 15) is 8.42 Å². The highest BCUT2D eigenvalue weighted by Crippen LogP contribution is 2.10. The van der Waals surface area contributed by atoms with E-state index < -0.39 is 10.0 Å². The van der Waals surface area contributed by atoms with E-state index in [-0.39, 0.29) is 5.75 Å². The highest BCUT2D eigenvalue weighted by molar-refractivity contribution is 7.89. The van der Waals surface area contributed by atoms with Crippen LogP contribution in [-0.2, 0) is 14.8 Å². The normalized spacial score (nSPS) is 22.8. The SMILES string of the molecule is CNCCS(=O)(=O)NCC1CCOC1.